The number of hydrogen-bond donors (Lipinski definition) is 1. The van der Waals surface area contributed by atoms with E-state index in [4.69, 9.17) is 0 Å². The maximum Gasteiger partial charge on any atom is 0.0738 e. The molecule has 0 spiro atoms. The van der Waals surface area contributed by atoms with Crippen molar-refractivity contribution >= 4 is 15.9 Å². The SMILES string of the molecule is CCCNC(Cc1c(Br)c(C)nn1C)C1CCCC1. The van der Waals surface area contributed by atoms with E-state index in [9.17, 15) is 0 Å². The van der Waals surface area contributed by atoms with E-state index in [1.807, 2.05) is 4.68 Å². The molecule has 1 N–H and O–H groups in total. The molecule has 0 bridgehead atoms. The van der Waals surface area contributed by atoms with Crippen LogP contribution in [0.1, 0.15) is 50.4 Å². The van der Waals surface area contributed by atoms with Gasteiger partial charge in [0.2, 0.25) is 0 Å². The van der Waals surface area contributed by atoms with Crippen molar-refractivity contribution in [3.63, 3.8) is 0 Å². The summed E-state index contributed by atoms with van der Waals surface area (Å²) in [6.07, 6.45) is 7.87. The molecule has 1 aliphatic carbocycles. The molecule has 1 atom stereocenters. The Morgan fingerprint density at radius 2 is 2.11 bits per heavy atom. The molecule has 1 aromatic rings. The van der Waals surface area contributed by atoms with Crippen molar-refractivity contribution in [3.05, 3.63) is 15.9 Å². The van der Waals surface area contributed by atoms with Gasteiger partial charge in [0, 0.05) is 19.5 Å². The van der Waals surface area contributed by atoms with E-state index in [1.165, 1.54) is 42.3 Å². The fourth-order valence-corrected chi connectivity index (χ4v) is 3.70. The molecule has 4 heteroatoms. The van der Waals surface area contributed by atoms with Crippen LogP contribution in [0.3, 0.4) is 0 Å². The second-order valence-corrected chi connectivity index (χ2v) is 6.57. The lowest BCUT2D eigenvalue weighted by Gasteiger charge is -2.25. The van der Waals surface area contributed by atoms with Gasteiger partial charge in [-0.25, -0.2) is 0 Å². The molecular formula is C15H26BrN3. The molecule has 1 heterocycles. The first kappa shape index (κ1) is 15.0. The number of aryl methyl sites for hydroxylation is 2. The molecule has 1 unspecified atom stereocenters. The summed E-state index contributed by atoms with van der Waals surface area (Å²) in [5, 5.41) is 8.27. The van der Waals surface area contributed by atoms with Gasteiger partial charge < -0.3 is 5.32 Å². The van der Waals surface area contributed by atoms with Gasteiger partial charge in [-0.15, -0.1) is 0 Å². The van der Waals surface area contributed by atoms with Crippen molar-refractivity contribution in [3.8, 4) is 0 Å². The van der Waals surface area contributed by atoms with Crippen LogP contribution in [0.15, 0.2) is 4.47 Å². The zero-order valence-electron chi connectivity index (χ0n) is 12.4. The minimum absolute atomic E-state index is 0.605. The lowest BCUT2D eigenvalue weighted by molar-refractivity contribution is 0.350. The zero-order valence-corrected chi connectivity index (χ0v) is 14.0. The maximum atomic E-state index is 4.51. The van der Waals surface area contributed by atoms with Crippen LogP contribution in [0.2, 0.25) is 0 Å². The van der Waals surface area contributed by atoms with E-state index < -0.39 is 0 Å². The van der Waals surface area contributed by atoms with Crippen molar-refractivity contribution in [1.82, 2.24) is 15.1 Å². The van der Waals surface area contributed by atoms with Gasteiger partial charge in [0.25, 0.3) is 0 Å². The van der Waals surface area contributed by atoms with Gasteiger partial charge in [-0.05, 0) is 54.6 Å². The Labute approximate surface area is 125 Å². The molecule has 1 aliphatic rings. The zero-order chi connectivity index (χ0) is 13.8. The minimum atomic E-state index is 0.605. The summed E-state index contributed by atoms with van der Waals surface area (Å²) in [6, 6.07) is 0.605. The minimum Gasteiger partial charge on any atom is -0.313 e. The Bertz CT molecular complexity index is 408. The molecule has 0 radical (unpaired) electrons. The third-order valence-electron chi connectivity index (χ3n) is 4.30. The molecule has 1 aromatic heterocycles. The van der Waals surface area contributed by atoms with Crippen molar-refractivity contribution in [2.75, 3.05) is 6.54 Å². The molecule has 0 aromatic carbocycles. The van der Waals surface area contributed by atoms with Gasteiger partial charge in [-0.1, -0.05) is 19.8 Å². The smallest absolute Gasteiger partial charge is 0.0738 e. The maximum absolute atomic E-state index is 4.51. The van der Waals surface area contributed by atoms with Crippen molar-refractivity contribution in [2.24, 2.45) is 13.0 Å². The third-order valence-corrected chi connectivity index (χ3v) is 5.33. The molecule has 1 saturated carbocycles. The van der Waals surface area contributed by atoms with Crippen LogP contribution in [0.5, 0.6) is 0 Å². The first-order valence-corrected chi connectivity index (χ1v) is 8.34. The van der Waals surface area contributed by atoms with Crippen LogP contribution in [-0.4, -0.2) is 22.4 Å². The van der Waals surface area contributed by atoms with Crippen LogP contribution in [0.25, 0.3) is 0 Å². The van der Waals surface area contributed by atoms with Crippen LogP contribution >= 0.6 is 15.9 Å². The highest BCUT2D eigenvalue weighted by atomic mass is 79.9. The molecule has 19 heavy (non-hydrogen) atoms. The standard InChI is InChI=1S/C15H26BrN3/c1-4-9-17-13(12-7-5-6-8-12)10-14-15(16)11(2)18-19(14)3/h12-13,17H,4-10H2,1-3H3. The van der Waals surface area contributed by atoms with Crippen molar-refractivity contribution in [1.29, 1.82) is 0 Å². The number of halogens is 1. The third kappa shape index (κ3) is 3.60. The fourth-order valence-electron chi connectivity index (χ4n) is 3.21. The van der Waals surface area contributed by atoms with Gasteiger partial charge in [0.15, 0.2) is 0 Å². The van der Waals surface area contributed by atoms with Gasteiger partial charge in [0.05, 0.1) is 15.9 Å². The average Bonchev–Trinajstić information content (AvgIpc) is 2.98. The summed E-state index contributed by atoms with van der Waals surface area (Å²) >= 11 is 3.70. The normalized spacial score (nSPS) is 18.1. The van der Waals surface area contributed by atoms with Gasteiger partial charge in [0.1, 0.15) is 0 Å². The predicted molar refractivity (Wildman–Crippen MR) is 83.4 cm³/mol. The molecule has 2 rings (SSSR count). The summed E-state index contributed by atoms with van der Waals surface area (Å²) in [5.41, 5.74) is 2.43. The highest BCUT2D eigenvalue weighted by Gasteiger charge is 2.26. The van der Waals surface area contributed by atoms with Gasteiger partial charge >= 0.3 is 0 Å². The number of aromatic nitrogens is 2. The van der Waals surface area contributed by atoms with Crippen LogP contribution in [0, 0.1) is 12.8 Å². The lowest BCUT2D eigenvalue weighted by atomic mass is 9.94. The average molecular weight is 328 g/mol. The summed E-state index contributed by atoms with van der Waals surface area (Å²) in [7, 11) is 2.05. The summed E-state index contributed by atoms with van der Waals surface area (Å²) in [6.45, 7) is 5.43. The first-order valence-electron chi connectivity index (χ1n) is 7.54. The molecule has 0 amide bonds. The summed E-state index contributed by atoms with van der Waals surface area (Å²) in [5.74, 6) is 0.841. The van der Waals surface area contributed by atoms with Crippen LogP contribution in [-0.2, 0) is 13.5 Å². The molecular weight excluding hydrogens is 302 g/mol. The monoisotopic (exact) mass is 327 g/mol. The van der Waals surface area contributed by atoms with Crippen LogP contribution in [0.4, 0.5) is 0 Å². The number of nitrogens with zero attached hydrogens (tertiary/aromatic N) is 2. The molecule has 1 fully saturated rings. The van der Waals surface area contributed by atoms with E-state index in [2.05, 4.69) is 47.2 Å². The Hall–Kier alpha value is -0.350. The quantitative estimate of drug-likeness (QED) is 0.865. The van der Waals surface area contributed by atoms with E-state index in [0.717, 1.165) is 24.6 Å². The predicted octanol–water partition coefficient (Wildman–Crippen LogP) is 3.59. The van der Waals surface area contributed by atoms with E-state index in [-0.39, 0.29) is 0 Å². The summed E-state index contributed by atoms with van der Waals surface area (Å²) in [4.78, 5) is 0. The molecule has 0 aliphatic heterocycles. The molecule has 108 valence electrons. The second kappa shape index (κ2) is 6.89. The number of nitrogens with one attached hydrogen (secondary N) is 1. The fraction of sp³-hybridized carbons (Fsp3) is 0.800. The number of rotatable bonds is 6. The van der Waals surface area contributed by atoms with E-state index >= 15 is 0 Å². The lowest BCUT2D eigenvalue weighted by Crippen LogP contribution is -2.38. The second-order valence-electron chi connectivity index (χ2n) is 5.78. The van der Waals surface area contributed by atoms with E-state index in [0.29, 0.717) is 6.04 Å². The van der Waals surface area contributed by atoms with E-state index in [1.54, 1.807) is 0 Å². The molecule has 0 saturated heterocycles. The highest BCUT2D eigenvalue weighted by molar-refractivity contribution is 9.10. The first-order chi connectivity index (χ1) is 9.13. The van der Waals surface area contributed by atoms with Crippen molar-refractivity contribution < 1.29 is 0 Å². The highest BCUT2D eigenvalue weighted by Crippen LogP contribution is 2.31. The Balaban J connectivity index is 2.09. The molecule has 3 nitrogen and oxygen atoms in total. The Morgan fingerprint density at radius 3 is 2.63 bits per heavy atom. The summed E-state index contributed by atoms with van der Waals surface area (Å²) < 4.78 is 3.23. The van der Waals surface area contributed by atoms with Gasteiger partial charge in [-0.3, -0.25) is 4.68 Å². The van der Waals surface area contributed by atoms with Crippen LogP contribution < -0.4 is 5.32 Å². The number of hydrogen-bond acceptors (Lipinski definition) is 2. The largest absolute Gasteiger partial charge is 0.313 e. The van der Waals surface area contributed by atoms with Crippen molar-refractivity contribution in [2.45, 2.75) is 58.4 Å². The van der Waals surface area contributed by atoms with Gasteiger partial charge in [-0.2, -0.15) is 5.10 Å². The topological polar surface area (TPSA) is 29.9 Å². The Kier molecular flexibility index (Phi) is 5.46. The Morgan fingerprint density at radius 1 is 1.42 bits per heavy atom.